The third-order valence-electron chi connectivity index (χ3n) is 3.09. The molecule has 0 radical (unpaired) electrons. The van der Waals surface area contributed by atoms with Crippen LogP contribution in [-0.2, 0) is 0 Å². The molecule has 0 saturated heterocycles. The van der Waals surface area contributed by atoms with Gasteiger partial charge in [0.2, 0.25) is 0 Å². The predicted octanol–water partition coefficient (Wildman–Crippen LogP) is 4.22. The van der Waals surface area contributed by atoms with Crippen LogP contribution in [0.4, 0.5) is 11.4 Å². The first-order valence-electron chi connectivity index (χ1n) is 6.98. The van der Waals surface area contributed by atoms with Crippen LogP contribution in [0.1, 0.15) is 12.5 Å². The first-order valence-corrected chi connectivity index (χ1v) is 7.77. The third-order valence-corrected chi connectivity index (χ3v) is 3.71. The highest BCUT2D eigenvalue weighted by atomic mass is 79.9. The van der Waals surface area contributed by atoms with E-state index in [1.54, 1.807) is 32.2 Å². The van der Waals surface area contributed by atoms with Crippen LogP contribution in [0.3, 0.4) is 0 Å². The van der Waals surface area contributed by atoms with E-state index in [9.17, 15) is 15.2 Å². The molecule has 2 aromatic rings. The molecule has 0 aliphatic carbocycles. The molecule has 2 aromatic carbocycles. The Morgan fingerprint density at radius 1 is 1.33 bits per heavy atom. The molecule has 126 valence electrons. The fourth-order valence-electron chi connectivity index (χ4n) is 1.96. The quantitative estimate of drug-likeness (QED) is 0.449. The van der Waals surface area contributed by atoms with Gasteiger partial charge in [-0.15, -0.1) is 0 Å². The molecule has 0 aliphatic heterocycles. The van der Waals surface area contributed by atoms with E-state index in [0.717, 1.165) is 4.47 Å². The number of nitrogens with zero attached hydrogens (tertiary/aromatic N) is 2. The zero-order chi connectivity index (χ0) is 17.7. The summed E-state index contributed by atoms with van der Waals surface area (Å²) in [6.07, 6.45) is 1.35. The van der Waals surface area contributed by atoms with Crippen LogP contribution < -0.4 is 9.47 Å². The number of aromatic hydroxyl groups is 1. The second-order valence-corrected chi connectivity index (χ2v) is 5.50. The normalized spacial score (nSPS) is 10.8. The van der Waals surface area contributed by atoms with Gasteiger partial charge >= 0.3 is 0 Å². The number of phenolic OH excluding ortho intramolecular Hbond substituents is 1. The standard InChI is InChI=1S/C16H15BrN2O5/c1-3-24-15-8-12(19(21)22)6-10(16(15)20)9-18-11-4-5-14(23-2)13(17)7-11/h4-9,20H,3H2,1-2H3. The lowest BCUT2D eigenvalue weighted by molar-refractivity contribution is -0.385. The van der Waals surface area contributed by atoms with Crippen molar-refractivity contribution >= 4 is 33.5 Å². The molecule has 0 aliphatic rings. The van der Waals surface area contributed by atoms with Crippen LogP contribution in [0, 0.1) is 10.1 Å². The summed E-state index contributed by atoms with van der Waals surface area (Å²) in [5, 5.41) is 21.2. The summed E-state index contributed by atoms with van der Waals surface area (Å²) in [7, 11) is 1.55. The van der Waals surface area contributed by atoms with Gasteiger partial charge in [-0.2, -0.15) is 0 Å². The van der Waals surface area contributed by atoms with E-state index in [0.29, 0.717) is 11.4 Å². The van der Waals surface area contributed by atoms with E-state index in [-0.39, 0.29) is 29.4 Å². The van der Waals surface area contributed by atoms with Gasteiger partial charge in [0, 0.05) is 17.8 Å². The Hall–Kier alpha value is -2.61. The van der Waals surface area contributed by atoms with Crippen LogP contribution in [0.2, 0.25) is 0 Å². The van der Waals surface area contributed by atoms with Gasteiger partial charge in [0.15, 0.2) is 11.5 Å². The monoisotopic (exact) mass is 394 g/mol. The topological polar surface area (TPSA) is 94.2 Å². The molecule has 1 N–H and O–H groups in total. The molecule has 0 spiro atoms. The van der Waals surface area contributed by atoms with Gasteiger partial charge in [0.05, 0.1) is 34.9 Å². The Morgan fingerprint density at radius 2 is 2.08 bits per heavy atom. The van der Waals surface area contributed by atoms with Crippen LogP contribution >= 0.6 is 15.9 Å². The number of nitro benzene ring substituents is 1. The number of ether oxygens (including phenoxy) is 2. The van der Waals surface area contributed by atoms with E-state index in [2.05, 4.69) is 20.9 Å². The van der Waals surface area contributed by atoms with Crippen molar-refractivity contribution in [3.05, 3.63) is 50.5 Å². The maximum absolute atomic E-state index is 11.0. The molecule has 0 bridgehead atoms. The van der Waals surface area contributed by atoms with Crippen molar-refractivity contribution in [3.63, 3.8) is 0 Å². The Labute approximate surface area is 146 Å². The predicted molar refractivity (Wildman–Crippen MR) is 93.9 cm³/mol. The molecular formula is C16H15BrN2O5. The number of hydrogen-bond acceptors (Lipinski definition) is 6. The number of non-ortho nitro benzene ring substituents is 1. The van der Waals surface area contributed by atoms with Gasteiger partial charge in [0.25, 0.3) is 5.69 Å². The van der Waals surface area contributed by atoms with Crippen molar-refractivity contribution in [2.24, 2.45) is 4.99 Å². The zero-order valence-corrected chi connectivity index (χ0v) is 14.6. The van der Waals surface area contributed by atoms with Crippen LogP contribution in [0.5, 0.6) is 17.2 Å². The molecule has 2 rings (SSSR count). The number of hydrogen-bond donors (Lipinski definition) is 1. The molecule has 7 nitrogen and oxygen atoms in total. The Balaban J connectivity index is 2.40. The number of benzene rings is 2. The average molecular weight is 395 g/mol. The Bertz CT molecular complexity index is 792. The van der Waals surface area contributed by atoms with E-state index in [1.165, 1.54) is 18.3 Å². The molecule has 0 atom stereocenters. The SMILES string of the molecule is CCOc1cc([N+](=O)[O-])cc(C=Nc2ccc(OC)c(Br)c2)c1O. The van der Waals surface area contributed by atoms with Gasteiger partial charge in [-0.25, -0.2) is 0 Å². The molecule has 8 heteroatoms. The second kappa shape index (κ2) is 7.78. The zero-order valence-electron chi connectivity index (χ0n) is 13.0. The van der Waals surface area contributed by atoms with Gasteiger partial charge in [-0.1, -0.05) is 0 Å². The molecule has 0 amide bonds. The maximum atomic E-state index is 11.0. The van der Waals surface area contributed by atoms with E-state index in [4.69, 9.17) is 9.47 Å². The van der Waals surface area contributed by atoms with Crippen molar-refractivity contribution < 1.29 is 19.5 Å². The largest absolute Gasteiger partial charge is 0.504 e. The summed E-state index contributed by atoms with van der Waals surface area (Å²) in [4.78, 5) is 14.7. The summed E-state index contributed by atoms with van der Waals surface area (Å²) < 4.78 is 11.1. The molecule has 0 heterocycles. The van der Waals surface area contributed by atoms with Gasteiger partial charge in [-0.05, 0) is 41.1 Å². The lowest BCUT2D eigenvalue weighted by atomic mass is 10.1. The number of rotatable bonds is 6. The molecule has 0 aromatic heterocycles. The number of aliphatic imine (C=N–C) groups is 1. The molecule has 0 fully saturated rings. The summed E-state index contributed by atoms with van der Waals surface area (Å²) in [5.41, 5.74) is 0.597. The van der Waals surface area contributed by atoms with Crippen molar-refractivity contribution in [2.75, 3.05) is 13.7 Å². The highest BCUT2D eigenvalue weighted by Crippen LogP contribution is 2.34. The highest BCUT2D eigenvalue weighted by molar-refractivity contribution is 9.10. The number of phenols is 1. The van der Waals surface area contributed by atoms with Crippen molar-refractivity contribution in [3.8, 4) is 17.2 Å². The van der Waals surface area contributed by atoms with E-state index < -0.39 is 4.92 Å². The van der Waals surface area contributed by atoms with Crippen molar-refractivity contribution in [2.45, 2.75) is 6.92 Å². The minimum absolute atomic E-state index is 0.0454. The second-order valence-electron chi connectivity index (χ2n) is 4.65. The molecule has 0 unspecified atom stereocenters. The molecule has 24 heavy (non-hydrogen) atoms. The molecule has 0 saturated carbocycles. The Morgan fingerprint density at radius 3 is 2.67 bits per heavy atom. The van der Waals surface area contributed by atoms with E-state index >= 15 is 0 Å². The van der Waals surface area contributed by atoms with Gasteiger partial charge < -0.3 is 14.6 Å². The van der Waals surface area contributed by atoms with Crippen LogP contribution in [0.15, 0.2) is 39.8 Å². The summed E-state index contributed by atoms with van der Waals surface area (Å²) in [5.74, 6) is 0.508. The summed E-state index contributed by atoms with van der Waals surface area (Å²) >= 11 is 3.35. The van der Waals surface area contributed by atoms with Gasteiger partial charge in [-0.3, -0.25) is 15.1 Å². The summed E-state index contributed by atoms with van der Waals surface area (Å²) in [6, 6.07) is 7.60. The lowest BCUT2D eigenvalue weighted by Crippen LogP contribution is -1.97. The number of halogens is 1. The Kier molecular flexibility index (Phi) is 5.75. The van der Waals surface area contributed by atoms with Crippen molar-refractivity contribution in [1.29, 1.82) is 0 Å². The minimum Gasteiger partial charge on any atom is -0.504 e. The highest BCUT2D eigenvalue weighted by Gasteiger charge is 2.16. The van der Waals surface area contributed by atoms with Crippen LogP contribution in [0.25, 0.3) is 0 Å². The smallest absolute Gasteiger partial charge is 0.274 e. The number of nitro groups is 1. The minimum atomic E-state index is -0.552. The first-order chi connectivity index (χ1) is 11.5. The lowest BCUT2D eigenvalue weighted by Gasteiger charge is -2.08. The van der Waals surface area contributed by atoms with E-state index in [1.807, 2.05) is 0 Å². The third kappa shape index (κ3) is 4.02. The number of methoxy groups -OCH3 is 1. The maximum Gasteiger partial charge on any atom is 0.274 e. The first kappa shape index (κ1) is 17.7. The molecular weight excluding hydrogens is 380 g/mol. The van der Waals surface area contributed by atoms with Gasteiger partial charge in [0.1, 0.15) is 5.75 Å². The fourth-order valence-corrected chi connectivity index (χ4v) is 2.49. The van der Waals surface area contributed by atoms with Crippen LogP contribution in [-0.4, -0.2) is 30.0 Å². The summed E-state index contributed by atoms with van der Waals surface area (Å²) in [6.45, 7) is 2.00. The van der Waals surface area contributed by atoms with Crippen molar-refractivity contribution in [1.82, 2.24) is 0 Å². The fraction of sp³-hybridized carbons (Fsp3) is 0.188. The average Bonchev–Trinajstić information content (AvgIpc) is 2.55.